The van der Waals surface area contributed by atoms with Gasteiger partial charge in [-0.1, -0.05) is 25.0 Å². The molecule has 0 bridgehead atoms. The molecule has 1 aromatic rings. The second-order valence-electron chi connectivity index (χ2n) is 6.53. The van der Waals surface area contributed by atoms with E-state index in [1.807, 2.05) is 24.3 Å². The van der Waals surface area contributed by atoms with Crippen molar-refractivity contribution in [1.82, 2.24) is 5.32 Å². The summed E-state index contributed by atoms with van der Waals surface area (Å²) in [6, 6.07) is 7.80. The SMILES string of the molecule is NC1(C(=O)Nc2ccc(CC(=O)NC3CC3)cc2)CCCC1. The quantitative estimate of drug-likeness (QED) is 0.774. The van der Waals surface area contributed by atoms with Crippen molar-refractivity contribution in [3.63, 3.8) is 0 Å². The summed E-state index contributed by atoms with van der Waals surface area (Å²) in [7, 11) is 0. The topological polar surface area (TPSA) is 84.2 Å². The van der Waals surface area contributed by atoms with Crippen molar-refractivity contribution in [2.45, 2.75) is 56.5 Å². The summed E-state index contributed by atoms with van der Waals surface area (Å²) in [5.41, 5.74) is 7.09. The molecule has 2 aliphatic carbocycles. The fourth-order valence-corrected chi connectivity index (χ4v) is 2.89. The average molecular weight is 301 g/mol. The number of nitrogens with one attached hydrogen (secondary N) is 2. The lowest BCUT2D eigenvalue weighted by Gasteiger charge is -2.22. The smallest absolute Gasteiger partial charge is 0.244 e. The summed E-state index contributed by atoms with van der Waals surface area (Å²) < 4.78 is 0. The third-order valence-electron chi connectivity index (χ3n) is 4.47. The van der Waals surface area contributed by atoms with E-state index in [0.717, 1.165) is 49.8 Å². The largest absolute Gasteiger partial charge is 0.353 e. The Labute approximate surface area is 130 Å². The van der Waals surface area contributed by atoms with Crippen molar-refractivity contribution < 1.29 is 9.59 Å². The Balaban J connectivity index is 1.54. The van der Waals surface area contributed by atoms with Crippen molar-refractivity contribution in [2.75, 3.05) is 5.32 Å². The van der Waals surface area contributed by atoms with Gasteiger partial charge in [0.05, 0.1) is 12.0 Å². The fourth-order valence-electron chi connectivity index (χ4n) is 2.89. The maximum atomic E-state index is 12.2. The number of hydrogen-bond donors (Lipinski definition) is 3. The Morgan fingerprint density at radius 3 is 2.36 bits per heavy atom. The van der Waals surface area contributed by atoms with Gasteiger partial charge in [0.15, 0.2) is 0 Å². The van der Waals surface area contributed by atoms with Crippen molar-refractivity contribution in [1.29, 1.82) is 0 Å². The van der Waals surface area contributed by atoms with Crippen LogP contribution in [0.25, 0.3) is 0 Å². The molecular formula is C17H23N3O2. The lowest BCUT2D eigenvalue weighted by atomic mass is 9.98. The number of amides is 2. The molecule has 0 saturated heterocycles. The van der Waals surface area contributed by atoms with Crippen molar-refractivity contribution in [3.8, 4) is 0 Å². The molecule has 0 unspecified atom stereocenters. The zero-order valence-corrected chi connectivity index (χ0v) is 12.7. The Kier molecular flexibility index (Phi) is 4.16. The summed E-state index contributed by atoms with van der Waals surface area (Å²) >= 11 is 0. The molecule has 0 spiro atoms. The Hall–Kier alpha value is -1.88. The van der Waals surface area contributed by atoms with Gasteiger partial charge in [0.25, 0.3) is 0 Å². The minimum absolute atomic E-state index is 0.0613. The lowest BCUT2D eigenvalue weighted by molar-refractivity contribution is -0.121. The highest BCUT2D eigenvalue weighted by atomic mass is 16.2. The lowest BCUT2D eigenvalue weighted by Crippen LogP contribution is -2.48. The third-order valence-corrected chi connectivity index (χ3v) is 4.47. The molecule has 22 heavy (non-hydrogen) atoms. The van der Waals surface area contributed by atoms with E-state index in [-0.39, 0.29) is 11.8 Å². The first-order valence-electron chi connectivity index (χ1n) is 8.04. The zero-order valence-electron chi connectivity index (χ0n) is 12.7. The Morgan fingerprint density at radius 2 is 1.77 bits per heavy atom. The molecule has 0 aliphatic heterocycles. The van der Waals surface area contributed by atoms with Crippen LogP contribution in [0.2, 0.25) is 0 Å². The van der Waals surface area contributed by atoms with Gasteiger partial charge in [0.2, 0.25) is 11.8 Å². The Morgan fingerprint density at radius 1 is 1.14 bits per heavy atom. The molecule has 2 fully saturated rings. The first-order chi connectivity index (χ1) is 10.5. The third kappa shape index (κ3) is 3.65. The molecule has 1 aromatic carbocycles. The van der Waals surface area contributed by atoms with Crippen LogP contribution in [0.5, 0.6) is 0 Å². The van der Waals surface area contributed by atoms with Crippen LogP contribution < -0.4 is 16.4 Å². The predicted octanol–water partition coefficient (Wildman–Crippen LogP) is 1.72. The summed E-state index contributed by atoms with van der Waals surface area (Å²) in [6.07, 6.45) is 6.09. The number of anilines is 1. The normalized spacial score (nSPS) is 19.7. The number of hydrogen-bond acceptors (Lipinski definition) is 3. The zero-order chi connectivity index (χ0) is 15.6. The summed E-state index contributed by atoms with van der Waals surface area (Å²) in [6.45, 7) is 0. The van der Waals surface area contributed by atoms with Gasteiger partial charge >= 0.3 is 0 Å². The minimum atomic E-state index is -0.719. The molecule has 2 saturated carbocycles. The molecule has 2 amide bonds. The summed E-state index contributed by atoms with van der Waals surface area (Å²) in [4.78, 5) is 24.0. The highest BCUT2D eigenvalue weighted by Gasteiger charge is 2.36. The van der Waals surface area contributed by atoms with Crippen LogP contribution in [0.3, 0.4) is 0 Å². The van der Waals surface area contributed by atoms with Crippen LogP contribution in [0.4, 0.5) is 5.69 Å². The molecule has 0 aromatic heterocycles. The van der Waals surface area contributed by atoms with Crippen LogP contribution >= 0.6 is 0 Å². The van der Waals surface area contributed by atoms with Crippen LogP contribution in [-0.2, 0) is 16.0 Å². The molecule has 0 atom stereocenters. The molecule has 5 heteroatoms. The number of rotatable bonds is 5. The van der Waals surface area contributed by atoms with Gasteiger partial charge in [0, 0.05) is 11.7 Å². The van der Waals surface area contributed by atoms with Gasteiger partial charge in [0.1, 0.15) is 0 Å². The number of benzene rings is 1. The molecule has 5 nitrogen and oxygen atoms in total. The molecule has 2 aliphatic rings. The van der Waals surface area contributed by atoms with Crippen LogP contribution in [0.1, 0.15) is 44.1 Å². The van der Waals surface area contributed by atoms with Gasteiger partial charge in [-0.05, 0) is 43.4 Å². The van der Waals surface area contributed by atoms with E-state index >= 15 is 0 Å². The standard InChI is InChI=1S/C17H23N3O2/c18-17(9-1-2-10-17)16(22)20-14-5-3-12(4-6-14)11-15(21)19-13-7-8-13/h3-6,13H,1-2,7-11,18H2,(H,19,21)(H,20,22). The number of carbonyl (C=O) groups excluding carboxylic acids is 2. The van der Waals surface area contributed by atoms with Crippen LogP contribution in [-0.4, -0.2) is 23.4 Å². The summed E-state index contributed by atoms with van der Waals surface area (Å²) in [5.74, 6) is -0.0459. The number of nitrogens with two attached hydrogens (primary N) is 1. The van der Waals surface area contributed by atoms with Gasteiger partial charge < -0.3 is 16.4 Å². The van der Waals surface area contributed by atoms with Gasteiger partial charge in [-0.25, -0.2) is 0 Å². The first kappa shape index (κ1) is 15.0. The maximum Gasteiger partial charge on any atom is 0.244 e. The van der Waals surface area contributed by atoms with E-state index in [1.165, 1.54) is 0 Å². The maximum absolute atomic E-state index is 12.2. The first-order valence-corrected chi connectivity index (χ1v) is 8.04. The van der Waals surface area contributed by atoms with Crippen LogP contribution in [0, 0.1) is 0 Å². The van der Waals surface area contributed by atoms with Gasteiger partial charge in [-0.3, -0.25) is 9.59 Å². The van der Waals surface area contributed by atoms with E-state index < -0.39 is 5.54 Å². The van der Waals surface area contributed by atoms with E-state index in [1.54, 1.807) is 0 Å². The predicted molar refractivity (Wildman–Crippen MR) is 85.3 cm³/mol. The highest BCUT2D eigenvalue weighted by molar-refractivity contribution is 5.98. The van der Waals surface area contributed by atoms with Crippen LogP contribution in [0.15, 0.2) is 24.3 Å². The average Bonchev–Trinajstić information content (AvgIpc) is 3.18. The second-order valence-corrected chi connectivity index (χ2v) is 6.53. The van der Waals surface area contributed by atoms with E-state index in [4.69, 9.17) is 5.73 Å². The summed E-state index contributed by atoms with van der Waals surface area (Å²) in [5, 5.41) is 5.85. The molecule has 4 N–H and O–H groups in total. The molecule has 0 radical (unpaired) electrons. The monoisotopic (exact) mass is 301 g/mol. The minimum Gasteiger partial charge on any atom is -0.353 e. The second kappa shape index (κ2) is 6.08. The van der Waals surface area contributed by atoms with E-state index in [2.05, 4.69) is 10.6 Å². The van der Waals surface area contributed by atoms with E-state index in [0.29, 0.717) is 12.5 Å². The van der Waals surface area contributed by atoms with Gasteiger partial charge in [-0.2, -0.15) is 0 Å². The molecule has 118 valence electrons. The Bertz CT molecular complexity index is 558. The molecular weight excluding hydrogens is 278 g/mol. The molecule has 3 rings (SSSR count). The molecule has 0 heterocycles. The fraction of sp³-hybridized carbons (Fsp3) is 0.529. The van der Waals surface area contributed by atoms with E-state index in [9.17, 15) is 9.59 Å². The van der Waals surface area contributed by atoms with Crippen molar-refractivity contribution >= 4 is 17.5 Å². The highest BCUT2D eigenvalue weighted by Crippen LogP contribution is 2.28. The van der Waals surface area contributed by atoms with Gasteiger partial charge in [-0.15, -0.1) is 0 Å². The van der Waals surface area contributed by atoms with Crippen molar-refractivity contribution in [2.24, 2.45) is 5.73 Å². The van der Waals surface area contributed by atoms with Crippen molar-refractivity contribution in [3.05, 3.63) is 29.8 Å². The number of carbonyl (C=O) groups is 2.